The van der Waals surface area contributed by atoms with Gasteiger partial charge in [-0.15, -0.1) is 0 Å². The molecule has 0 aliphatic carbocycles. The smallest absolute Gasteiger partial charge is 0.224 e. The van der Waals surface area contributed by atoms with Gasteiger partial charge in [0.15, 0.2) is 9.84 Å². The van der Waals surface area contributed by atoms with Gasteiger partial charge in [-0.1, -0.05) is 108 Å². The van der Waals surface area contributed by atoms with Crippen LogP contribution in [-0.4, -0.2) is 26.5 Å². The van der Waals surface area contributed by atoms with Crippen molar-refractivity contribution in [2.75, 3.05) is 22.8 Å². The molecule has 0 saturated carbocycles. The van der Waals surface area contributed by atoms with Gasteiger partial charge in [0.05, 0.1) is 5.69 Å². The van der Waals surface area contributed by atoms with Crippen LogP contribution < -0.4 is 15.4 Å². The maximum absolute atomic E-state index is 12.6. The van der Waals surface area contributed by atoms with E-state index in [0.29, 0.717) is 30.2 Å². The maximum atomic E-state index is 12.6. The van der Waals surface area contributed by atoms with Crippen LogP contribution in [0, 0.1) is 13.8 Å². The second-order valence-electron chi connectivity index (χ2n) is 11.2. The van der Waals surface area contributed by atoms with Crippen molar-refractivity contribution in [2.24, 2.45) is 0 Å². The van der Waals surface area contributed by atoms with E-state index < -0.39 is 9.84 Å². The van der Waals surface area contributed by atoms with Gasteiger partial charge in [-0.2, -0.15) is 0 Å². The monoisotopic (exact) mass is 572 g/mol. The second-order valence-corrected chi connectivity index (χ2v) is 13.4. The van der Waals surface area contributed by atoms with Crippen LogP contribution in [0.4, 0.5) is 11.4 Å². The van der Waals surface area contributed by atoms with Gasteiger partial charge in [0, 0.05) is 24.4 Å². The zero-order valence-electron chi connectivity index (χ0n) is 25.3. The standard InChI is InChI=1S/C33H52N2O4S/c1-5-6-7-8-9-10-11-12-13-14-15-16-17-18-33(36)35-30-21-22-31(34-26-40(4,37)38)32(24-30)39-25-29-23-27(2)19-20-28(29)3/h19-24,34H,5-18,25-26H2,1-4H3,(H,35,36). The van der Waals surface area contributed by atoms with E-state index in [1.807, 2.05) is 13.8 Å². The predicted molar refractivity (Wildman–Crippen MR) is 169 cm³/mol. The number of anilines is 2. The van der Waals surface area contributed by atoms with Gasteiger partial charge in [0.2, 0.25) is 5.91 Å². The van der Waals surface area contributed by atoms with Crippen molar-refractivity contribution in [2.45, 2.75) is 117 Å². The zero-order valence-corrected chi connectivity index (χ0v) is 26.1. The van der Waals surface area contributed by atoms with E-state index in [4.69, 9.17) is 4.74 Å². The number of aryl methyl sites for hydroxylation is 2. The summed E-state index contributed by atoms with van der Waals surface area (Å²) in [6.07, 6.45) is 18.3. The molecule has 6 nitrogen and oxygen atoms in total. The molecule has 2 N–H and O–H groups in total. The Bertz CT molecular complexity index is 1130. The molecule has 2 rings (SSSR count). The number of unbranched alkanes of at least 4 members (excludes halogenated alkanes) is 12. The van der Waals surface area contributed by atoms with Crippen LogP contribution in [0.25, 0.3) is 0 Å². The van der Waals surface area contributed by atoms with Crippen molar-refractivity contribution in [1.29, 1.82) is 0 Å². The summed E-state index contributed by atoms with van der Waals surface area (Å²) >= 11 is 0. The number of hydrogen-bond acceptors (Lipinski definition) is 5. The van der Waals surface area contributed by atoms with Crippen LogP contribution in [0.1, 0.15) is 114 Å². The Morgan fingerprint density at radius 2 is 1.40 bits per heavy atom. The van der Waals surface area contributed by atoms with Gasteiger partial charge in [-0.05, 0) is 43.5 Å². The molecule has 0 aromatic heterocycles. The highest BCUT2D eigenvalue weighted by Gasteiger charge is 2.11. The minimum Gasteiger partial charge on any atom is -0.487 e. The summed E-state index contributed by atoms with van der Waals surface area (Å²) in [4.78, 5) is 12.6. The van der Waals surface area contributed by atoms with E-state index in [-0.39, 0.29) is 11.8 Å². The van der Waals surface area contributed by atoms with E-state index in [9.17, 15) is 13.2 Å². The minimum atomic E-state index is -3.21. The number of sulfone groups is 1. The van der Waals surface area contributed by atoms with E-state index in [1.54, 1.807) is 18.2 Å². The van der Waals surface area contributed by atoms with Crippen molar-refractivity contribution in [1.82, 2.24) is 0 Å². The summed E-state index contributed by atoms with van der Waals surface area (Å²) in [5.74, 6) is 0.293. The first-order chi connectivity index (χ1) is 19.2. The Balaban J connectivity index is 1.77. The van der Waals surface area contributed by atoms with Gasteiger partial charge in [-0.3, -0.25) is 4.79 Å². The molecule has 2 aromatic rings. The minimum absolute atomic E-state index is 0.0135. The molecule has 2 aromatic carbocycles. The number of carbonyl (C=O) groups excluding carboxylic acids is 1. The van der Waals surface area contributed by atoms with Crippen molar-refractivity contribution in [3.63, 3.8) is 0 Å². The van der Waals surface area contributed by atoms with Gasteiger partial charge >= 0.3 is 0 Å². The van der Waals surface area contributed by atoms with Crippen LogP contribution in [0.5, 0.6) is 5.75 Å². The van der Waals surface area contributed by atoms with Gasteiger partial charge in [-0.25, -0.2) is 8.42 Å². The highest BCUT2D eigenvalue weighted by atomic mass is 32.2. The van der Waals surface area contributed by atoms with Crippen LogP contribution in [-0.2, 0) is 21.2 Å². The molecule has 1 amide bonds. The number of nitrogens with one attached hydrogen (secondary N) is 2. The summed E-state index contributed by atoms with van der Waals surface area (Å²) < 4.78 is 29.5. The summed E-state index contributed by atoms with van der Waals surface area (Å²) in [7, 11) is -3.21. The third-order valence-electron chi connectivity index (χ3n) is 7.19. The maximum Gasteiger partial charge on any atom is 0.224 e. The third-order valence-corrected chi connectivity index (χ3v) is 7.85. The van der Waals surface area contributed by atoms with Gasteiger partial charge in [0.25, 0.3) is 0 Å². The highest BCUT2D eigenvalue weighted by molar-refractivity contribution is 7.90. The summed E-state index contributed by atoms with van der Waals surface area (Å²) in [5, 5.41) is 5.93. The number of rotatable bonds is 21. The topological polar surface area (TPSA) is 84.5 Å². The molecule has 0 aliphatic rings. The Morgan fingerprint density at radius 1 is 0.800 bits per heavy atom. The molecule has 224 valence electrons. The lowest BCUT2D eigenvalue weighted by Crippen LogP contribution is -2.14. The van der Waals surface area contributed by atoms with E-state index in [2.05, 4.69) is 35.8 Å². The molecule has 7 heteroatoms. The Hall–Kier alpha value is -2.54. The molecule has 0 unspecified atom stereocenters. The van der Waals surface area contributed by atoms with E-state index in [0.717, 1.165) is 29.5 Å². The van der Waals surface area contributed by atoms with Crippen LogP contribution in [0.2, 0.25) is 0 Å². The molecule has 0 fully saturated rings. The molecule has 0 spiro atoms. The van der Waals surface area contributed by atoms with Crippen molar-refractivity contribution in [3.05, 3.63) is 53.1 Å². The number of benzene rings is 2. The SMILES string of the molecule is CCCCCCCCCCCCCCCC(=O)Nc1ccc(NCS(C)(=O)=O)c(OCc2cc(C)ccc2C)c1. The quantitative estimate of drug-likeness (QED) is 0.146. The van der Waals surface area contributed by atoms with Crippen molar-refractivity contribution < 1.29 is 17.9 Å². The first-order valence-electron chi connectivity index (χ1n) is 15.2. The average molecular weight is 573 g/mol. The lowest BCUT2D eigenvalue weighted by molar-refractivity contribution is -0.116. The predicted octanol–water partition coefficient (Wildman–Crippen LogP) is 8.72. The average Bonchev–Trinajstić information content (AvgIpc) is 2.90. The molecular weight excluding hydrogens is 520 g/mol. The highest BCUT2D eigenvalue weighted by Crippen LogP contribution is 2.30. The Kier molecular flexibility index (Phi) is 15.8. The number of amides is 1. The van der Waals surface area contributed by atoms with Crippen LogP contribution >= 0.6 is 0 Å². The van der Waals surface area contributed by atoms with Crippen molar-refractivity contribution in [3.8, 4) is 5.75 Å². The molecule has 40 heavy (non-hydrogen) atoms. The fraction of sp³-hybridized carbons (Fsp3) is 0.606. The Morgan fingerprint density at radius 3 is 2.00 bits per heavy atom. The molecule has 0 aliphatic heterocycles. The number of hydrogen-bond donors (Lipinski definition) is 2. The molecule has 0 bridgehead atoms. The number of carbonyl (C=O) groups is 1. The fourth-order valence-electron chi connectivity index (χ4n) is 4.71. The first-order valence-corrected chi connectivity index (χ1v) is 17.3. The Labute approximate surface area is 243 Å². The van der Waals surface area contributed by atoms with E-state index >= 15 is 0 Å². The second kappa shape index (κ2) is 18.7. The molecule has 0 radical (unpaired) electrons. The molecule has 0 heterocycles. The first kappa shape index (κ1) is 33.7. The molecule has 0 saturated heterocycles. The zero-order chi connectivity index (χ0) is 29.2. The molecular formula is C33H52N2O4S. The fourth-order valence-corrected chi connectivity index (χ4v) is 5.13. The largest absolute Gasteiger partial charge is 0.487 e. The summed E-state index contributed by atoms with van der Waals surface area (Å²) in [6.45, 7) is 6.68. The lowest BCUT2D eigenvalue weighted by atomic mass is 10.0. The number of ether oxygens (including phenoxy) is 1. The van der Waals surface area contributed by atoms with Crippen LogP contribution in [0.3, 0.4) is 0 Å². The third kappa shape index (κ3) is 14.7. The van der Waals surface area contributed by atoms with Gasteiger partial charge in [0.1, 0.15) is 18.2 Å². The van der Waals surface area contributed by atoms with Crippen molar-refractivity contribution >= 4 is 27.1 Å². The lowest BCUT2D eigenvalue weighted by Gasteiger charge is -2.16. The summed E-state index contributed by atoms with van der Waals surface area (Å²) in [6, 6.07) is 11.5. The van der Waals surface area contributed by atoms with Gasteiger partial charge < -0.3 is 15.4 Å². The summed E-state index contributed by atoms with van der Waals surface area (Å²) in [5.41, 5.74) is 4.55. The van der Waals surface area contributed by atoms with Crippen LogP contribution in [0.15, 0.2) is 36.4 Å². The normalized spacial score (nSPS) is 11.4. The molecule has 0 atom stereocenters. The van der Waals surface area contributed by atoms with E-state index in [1.165, 1.54) is 76.9 Å².